The third-order valence-corrected chi connectivity index (χ3v) is 4.70. The predicted molar refractivity (Wildman–Crippen MR) is 78.6 cm³/mol. The molecule has 0 radical (unpaired) electrons. The van der Waals surface area contributed by atoms with E-state index in [9.17, 15) is 4.79 Å². The fourth-order valence-electron chi connectivity index (χ4n) is 1.81. The van der Waals surface area contributed by atoms with Crippen LogP contribution in [0.5, 0.6) is 0 Å². The van der Waals surface area contributed by atoms with E-state index in [0.717, 1.165) is 9.80 Å². The van der Waals surface area contributed by atoms with Gasteiger partial charge in [0.15, 0.2) is 0 Å². The van der Waals surface area contributed by atoms with Crippen molar-refractivity contribution in [1.82, 2.24) is 4.90 Å². The molecule has 1 heterocycles. The summed E-state index contributed by atoms with van der Waals surface area (Å²) >= 11 is 12.6. The summed E-state index contributed by atoms with van der Waals surface area (Å²) in [6.07, 6.45) is 0.0680. The van der Waals surface area contributed by atoms with E-state index in [1.54, 1.807) is 18.2 Å². The van der Waals surface area contributed by atoms with Crippen LogP contribution in [0.2, 0.25) is 5.02 Å². The normalized spacial score (nSPS) is 19.9. The number of halogens is 3. The molecule has 0 aliphatic carbocycles. The van der Waals surface area contributed by atoms with Crippen LogP contribution in [0.4, 0.5) is 0 Å². The van der Waals surface area contributed by atoms with Gasteiger partial charge in [-0.3, -0.25) is 4.79 Å². The molecule has 6 heteroatoms. The standard InChI is InChI=1S/C12H12Br2ClNO2/c13-6-9-7-16(3-4-18-9)12(17)8-1-2-11(15)10(14)5-8/h1-2,5,9H,3-4,6-7H2. The molecule has 1 saturated heterocycles. The average Bonchev–Trinajstić information content (AvgIpc) is 2.41. The number of benzene rings is 1. The Morgan fingerprint density at radius 1 is 1.56 bits per heavy atom. The minimum Gasteiger partial charge on any atom is -0.374 e. The molecule has 98 valence electrons. The van der Waals surface area contributed by atoms with E-state index >= 15 is 0 Å². The molecule has 1 aromatic carbocycles. The number of carbonyl (C=O) groups excluding carboxylic acids is 1. The van der Waals surface area contributed by atoms with Crippen molar-refractivity contribution in [3.05, 3.63) is 33.3 Å². The van der Waals surface area contributed by atoms with Gasteiger partial charge >= 0.3 is 0 Å². The Balaban J connectivity index is 2.12. The quantitative estimate of drug-likeness (QED) is 0.717. The highest BCUT2D eigenvalue weighted by Gasteiger charge is 2.24. The SMILES string of the molecule is O=C(c1ccc(Cl)c(Br)c1)N1CCOC(CBr)C1. The van der Waals surface area contributed by atoms with Crippen molar-refractivity contribution in [3.8, 4) is 0 Å². The number of carbonyl (C=O) groups is 1. The maximum Gasteiger partial charge on any atom is 0.254 e. The Hall–Kier alpha value is -0.100. The molecule has 1 aliphatic rings. The van der Waals surface area contributed by atoms with Gasteiger partial charge in [-0.05, 0) is 34.1 Å². The van der Waals surface area contributed by atoms with Crippen LogP contribution in [0.3, 0.4) is 0 Å². The highest BCUT2D eigenvalue weighted by atomic mass is 79.9. The van der Waals surface area contributed by atoms with Crippen LogP contribution < -0.4 is 0 Å². The van der Waals surface area contributed by atoms with E-state index in [-0.39, 0.29) is 12.0 Å². The number of amides is 1. The third kappa shape index (κ3) is 3.26. The number of morpholine rings is 1. The van der Waals surface area contributed by atoms with Crippen LogP contribution >= 0.6 is 43.5 Å². The topological polar surface area (TPSA) is 29.5 Å². The molecular formula is C12H12Br2ClNO2. The lowest BCUT2D eigenvalue weighted by molar-refractivity contribution is -0.00965. The summed E-state index contributed by atoms with van der Waals surface area (Å²) in [4.78, 5) is 14.1. The second-order valence-electron chi connectivity index (χ2n) is 4.03. The summed E-state index contributed by atoms with van der Waals surface area (Å²) in [5, 5.41) is 1.34. The van der Waals surface area contributed by atoms with Crippen LogP contribution in [0.15, 0.2) is 22.7 Å². The summed E-state index contributed by atoms with van der Waals surface area (Å²) in [5.41, 5.74) is 0.640. The molecule has 1 amide bonds. The van der Waals surface area contributed by atoms with E-state index < -0.39 is 0 Å². The highest BCUT2D eigenvalue weighted by Crippen LogP contribution is 2.24. The van der Waals surface area contributed by atoms with Crippen LogP contribution in [-0.2, 0) is 4.74 Å². The number of ether oxygens (including phenoxy) is 1. The molecule has 2 rings (SSSR count). The monoisotopic (exact) mass is 395 g/mol. The van der Waals surface area contributed by atoms with Gasteiger partial charge in [0.1, 0.15) is 0 Å². The lowest BCUT2D eigenvalue weighted by Crippen LogP contribution is -2.46. The zero-order valence-corrected chi connectivity index (χ0v) is 13.5. The van der Waals surface area contributed by atoms with Gasteiger partial charge in [-0.25, -0.2) is 0 Å². The summed E-state index contributed by atoms with van der Waals surface area (Å²) in [6, 6.07) is 5.22. The smallest absolute Gasteiger partial charge is 0.254 e. The van der Waals surface area contributed by atoms with E-state index in [1.807, 2.05) is 4.90 Å². The first-order chi connectivity index (χ1) is 8.61. The second kappa shape index (κ2) is 6.37. The molecule has 0 saturated carbocycles. The minimum atomic E-state index is 0.0154. The summed E-state index contributed by atoms with van der Waals surface area (Å²) < 4.78 is 6.25. The van der Waals surface area contributed by atoms with Gasteiger partial charge in [0.25, 0.3) is 5.91 Å². The lowest BCUT2D eigenvalue weighted by atomic mass is 10.2. The molecule has 0 aromatic heterocycles. The van der Waals surface area contributed by atoms with Crippen LogP contribution in [0.1, 0.15) is 10.4 Å². The van der Waals surface area contributed by atoms with Crippen molar-refractivity contribution in [2.45, 2.75) is 6.10 Å². The average molecular weight is 397 g/mol. The molecule has 1 unspecified atom stereocenters. The van der Waals surface area contributed by atoms with Gasteiger partial charge in [0.2, 0.25) is 0 Å². The Kier molecular flexibility index (Phi) is 5.06. The molecule has 0 bridgehead atoms. The Morgan fingerprint density at radius 3 is 3.00 bits per heavy atom. The van der Waals surface area contributed by atoms with Crippen molar-refractivity contribution in [3.63, 3.8) is 0 Å². The van der Waals surface area contributed by atoms with Gasteiger partial charge < -0.3 is 9.64 Å². The van der Waals surface area contributed by atoms with E-state index in [1.165, 1.54) is 0 Å². The van der Waals surface area contributed by atoms with Gasteiger partial charge in [0, 0.05) is 28.5 Å². The van der Waals surface area contributed by atoms with Gasteiger partial charge in [-0.15, -0.1) is 0 Å². The van der Waals surface area contributed by atoms with Crippen LogP contribution in [0.25, 0.3) is 0 Å². The molecule has 1 aromatic rings. The maximum atomic E-state index is 12.3. The van der Waals surface area contributed by atoms with Crippen LogP contribution in [-0.4, -0.2) is 41.9 Å². The van der Waals surface area contributed by atoms with E-state index in [0.29, 0.717) is 30.3 Å². The fraction of sp³-hybridized carbons (Fsp3) is 0.417. The highest BCUT2D eigenvalue weighted by molar-refractivity contribution is 9.10. The summed E-state index contributed by atoms with van der Waals surface area (Å²) in [5.74, 6) is 0.0154. The van der Waals surface area contributed by atoms with Gasteiger partial charge in [-0.2, -0.15) is 0 Å². The number of hydrogen-bond acceptors (Lipinski definition) is 2. The minimum absolute atomic E-state index is 0.0154. The van der Waals surface area contributed by atoms with Gasteiger partial charge in [0.05, 0.1) is 17.7 Å². The van der Waals surface area contributed by atoms with Crippen LogP contribution in [0, 0.1) is 0 Å². The second-order valence-corrected chi connectivity index (χ2v) is 5.94. The Labute approximate surface area is 128 Å². The predicted octanol–water partition coefficient (Wildman–Crippen LogP) is 3.34. The molecule has 1 aliphatic heterocycles. The molecular weight excluding hydrogens is 385 g/mol. The summed E-state index contributed by atoms with van der Waals surface area (Å²) in [6.45, 7) is 1.82. The van der Waals surface area contributed by atoms with E-state index in [4.69, 9.17) is 16.3 Å². The Morgan fingerprint density at radius 2 is 2.33 bits per heavy atom. The molecule has 3 nitrogen and oxygen atoms in total. The molecule has 0 N–H and O–H groups in total. The Bertz CT molecular complexity index is 456. The maximum absolute atomic E-state index is 12.3. The lowest BCUT2D eigenvalue weighted by Gasteiger charge is -2.32. The van der Waals surface area contributed by atoms with Crippen molar-refractivity contribution in [1.29, 1.82) is 0 Å². The number of alkyl halides is 1. The van der Waals surface area contributed by atoms with E-state index in [2.05, 4.69) is 31.9 Å². The number of hydrogen-bond donors (Lipinski definition) is 0. The fourth-order valence-corrected chi connectivity index (χ4v) is 2.70. The number of nitrogens with zero attached hydrogens (tertiary/aromatic N) is 1. The molecule has 18 heavy (non-hydrogen) atoms. The first-order valence-electron chi connectivity index (χ1n) is 5.53. The van der Waals surface area contributed by atoms with Gasteiger partial charge in [-0.1, -0.05) is 27.5 Å². The molecule has 0 spiro atoms. The van der Waals surface area contributed by atoms with Crippen molar-refractivity contribution < 1.29 is 9.53 Å². The molecule has 1 atom stereocenters. The van der Waals surface area contributed by atoms with Crippen molar-refractivity contribution >= 4 is 49.4 Å². The zero-order valence-electron chi connectivity index (χ0n) is 9.54. The largest absolute Gasteiger partial charge is 0.374 e. The first kappa shape index (κ1) is 14.3. The molecule has 1 fully saturated rings. The third-order valence-electron chi connectivity index (χ3n) is 2.76. The first-order valence-corrected chi connectivity index (χ1v) is 7.83. The number of rotatable bonds is 2. The van der Waals surface area contributed by atoms with Crippen molar-refractivity contribution in [2.75, 3.05) is 25.0 Å². The summed E-state index contributed by atoms with van der Waals surface area (Å²) in [7, 11) is 0. The van der Waals surface area contributed by atoms with Crippen molar-refractivity contribution in [2.24, 2.45) is 0 Å². The zero-order chi connectivity index (χ0) is 13.1.